The molecule has 6 heteroatoms. The van der Waals surface area contributed by atoms with Gasteiger partial charge in [-0.05, 0) is 25.0 Å². The predicted octanol–water partition coefficient (Wildman–Crippen LogP) is 1.53. The average molecular weight is 284 g/mol. The zero-order valence-electron chi connectivity index (χ0n) is 11.3. The van der Waals surface area contributed by atoms with Crippen molar-refractivity contribution in [2.75, 3.05) is 32.6 Å². The summed E-state index contributed by atoms with van der Waals surface area (Å²) >= 11 is 0. The molecule has 0 heterocycles. The van der Waals surface area contributed by atoms with E-state index in [1.165, 1.54) is 0 Å². The fourth-order valence-corrected chi connectivity index (χ4v) is 3.94. The molecule has 106 valence electrons. The Hall–Kier alpha value is -1.11. The summed E-state index contributed by atoms with van der Waals surface area (Å²) in [5.74, 6) is 0. The molecule has 1 aliphatic carbocycles. The number of sulfonamides is 1. The maximum Gasteiger partial charge on any atom is 0.245 e. The first-order chi connectivity index (χ1) is 9.11. The molecule has 5 nitrogen and oxygen atoms in total. The number of methoxy groups -OCH3 is 1. The smallest absolute Gasteiger partial charge is 0.245 e. The number of rotatable bonds is 7. The Bertz CT molecular complexity index is 526. The molecule has 0 radical (unpaired) electrons. The molecule has 1 fully saturated rings. The van der Waals surface area contributed by atoms with Crippen LogP contribution in [0.5, 0.6) is 0 Å². The summed E-state index contributed by atoms with van der Waals surface area (Å²) in [7, 11) is -0.152. The lowest BCUT2D eigenvalue weighted by molar-refractivity contribution is 0.177. The zero-order chi connectivity index (χ0) is 13.9. The number of nitrogens with zero attached hydrogens (tertiary/aromatic N) is 1. The van der Waals surface area contributed by atoms with Crippen molar-refractivity contribution in [1.29, 1.82) is 0 Å². The quantitative estimate of drug-likeness (QED) is 0.825. The van der Waals surface area contributed by atoms with Gasteiger partial charge >= 0.3 is 0 Å². The molecule has 0 aliphatic heterocycles. The minimum Gasteiger partial charge on any atom is -0.387 e. The molecule has 1 N–H and O–H groups in total. The van der Waals surface area contributed by atoms with E-state index in [0.29, 0.717) is 23.7 Å². The van der Waals surface area contributed by atoms with Crippen molar-refractivity contribution in [2.24, 2.45) is 0 Å². The zero-order valence-corrected chi connectivity index (χ0v) is 12.1. The van der Waals surface area contributed by atoms with Gasteiger partial charge < -0.3 is 10.1 Å². The molecule has 0 bridgehead atoms. The fraction of sp³-hybridized carbons (Fsp3) is 0.538. The van der Waals surface area contributed by atoms with Gasteiger partial charge in [0.05, 0.1) is 12.3 Å². The van der Waals surface area contributed by atoms with Crippen LogP contribution < -0.4 is 5.32 Å². The van der Waals surface area contributed by atoms with Crippen LogP contribution in [0.2, 0.25) is 0 Å². The van der Waals surface area contributed by atoms with E-state index in [1.807, 2.05) is 6.07 Å². The van der Waals surface area contributed by atoms with Gasteiger partial charge in [-0.1, -0.05) is 12.1 Å². The average Bonchev–Trinajstić information content (AvgIpc) is 3.23. The summed E-state index contributed by atoms with van der Waals surface area (Å²) in [6.45, 7) is 0.818. The van der Waals surface area contributed by atoms with Crippen molar-refractivity contribution in [3.8, 4) is 0 Å². The van der Waals surface area contributed by atoms with E-state index in [0.717, 1.165) is 12.8 Å². The molecule has 2 rings (SSSR count). The van der Waals surface area contributed by atoms with E-state index in [4.69, 9.17) is 4.74 Å². The molecular weight excluding hydrogens is 264 g/mol. The second kappa shape index (κ2) is 5.90. The molecule has 1 aromatic rings. The monoisotopic (exact) mass is 284 g/mol. The fourth-order valence-electron chi connectivity index (χ4n) is 2.07. The normalized spacial score (nSPS) is 15.7. The van der Waals surface area contributed by atoms with Gasteiger partial charge in [0.25, 0.3) is 0 Å². The second-order valence-corrected chi connectivity index (χ2v) is 6.44. The van der Waals surface area contributed by atoms with Crippen LogP contribution in [0.3, 0.4) is 0 Å². The van der Waals surface area contributed by atoms with Gasteiger partial charge in [-0.3, -0.25) is 0 Å². The van der Waals surface area contributed by atoms with Crippen LogP contribution in [-0.4, -0.2) is 46.1 Å². The number of benzene rings is 1. The van der Waals surface area contributed by atoms with Gasteiger partial charge in [-0.15, -0.1) is 0 Å². The molecule has 0 saturated heterocycles. The standard InChI is InChI=1S/C13H20N2O3S/c1-14-12-5-3-4-6-13(12)19(16,17)15(9-10-18-2)11-7-8-11/h3-6,11,14H,7-10H2,1-2H3. The first kappa shape index (κ1) is 14.3. The number of anilines is 1. The SMILES string of the molecule is CNc1ccccc1S(=O)(=O)N(CCOC)C1CC1. The Morgan fingerprint density at radius 2 is 2.05 bits per heavy atom. The number of ether oxygens (including phenoxy) is 1. The molecule has 0 spiro atoms. The van der Waals surface area contributed by atoms with Crippen molar-refractivity contribution in [1.82, 2.24) is 4.31 Å². The van der Waals surface area contributed by atoms with Gasteiger partial charge in [0.1, 0.15) is 4.90 Å². The summed E-state index contributed by atoms with van der Waals surface area (Å²) in [6.07, 6.45) is 1.87. The van der Waals surface area contributed by atoms with E-state index in [2.05, 4.69) is 5.32 Å². The van der Waals surface area contributed by atoms with Crippen LogP contribution in [0, 0.1) is 0 Å². The predicted molar refractivity (Wildman–Crippen MR) is 74.8 cm³/mol. The minimum absolute atomic E-state index is 0.130. The summed E-state index contributed by atoms with van der Waals surface area (Å²) in [4.78, 5) is 0.334. The Labute approximate surface area is 114 Å². The van der Waals surface area contributed by atoms with Crippen LogP contribution in [0.1, 0.15) is 12.8 Å². The lowest BCUT2D eigenvalue weighted by atomic mass is 10.3. The third kappa shape index (κ3) is 3.08. The Morgan fingerprint density at radius 1 is 1.37 bits per heavy atom. The summed E-state index contributed by atoms with van der Waals surface area (Å²) in [5.41, 5.74) is 0.630. The molecule has 1 saturated carbocycles. The molecule has 1 aliphatic rings. The molecule has 0 amide bonds. The van der Waals surface area contributed by atoms with Gasteiger partial charge in [0.2, 0.25) is 10.0 Å². The topological polar surface area (TPSA) is 58.6 Å². The Kier molecular flexibility index (Phi) is 4.44. The van der Waals surface area contributed by atoms with Crippen LogP contribution in [0.25, 0.3) is 0 Å². The first-order valence-corrected chi connectivity index (χ1v) is 7.83. The maximum absolute atomic E-state index is 12.7. The molecule has 0 unspecified atom stereocenters. The van der Waals surface area contributed by atoms with Crippen LogP contribution >= 0.6 is 0 Å². The van der Waals surface area contributed by atoms with E-state index in [9.17, 15) is 8.42 Å². The van der Waals surface area contributed by atoms with E-state index >= 15 is 0 Å². The lowest BCUT2D eigenvalue weighted by Crippen LogP contribution is -2.36. The van der Waals surface area contributed by atoms with Gasteiger partial charge in [-0.2, -0.15) is 4.31 Å². The third-order valence-electron chi connectivity index (χ3n) is 3.21. The van der Waals surface area contributed by atoms with E-state index in [1.54, 1.807) is 36.7 Å². The number of hydrogen-bond acceptors (Lipinski definition) is 4. The maximum atomic E-state index is 12.7. The summed E-state index contributed by atoms with van der Waals surface area (Å²) in [6, 6.07) is 7.11. The summed E-state index contributed by atoms with van der Waals surface area (Å²) in [5, 5.41) is 2.93. The Morgan fingerprint density at radius 3 is 2.63 bits per heavy atom. The van der Waals surface area contributed by atoms with Crippen LogP contribution in [0.15, 0.2) is 29.2 Å². The van der Waals surface area contributed by atoms with Crippen LogP contribution in [0.4, 0.5) is 5.69 Å². The molecule has 1 aromatic carbocycles. The van der Waals surface area contributed by atoms with Gasteiger partial charge in [0, 0.05) is 26.7 Å². The van der Waals surface area contributed by atoms with Crippen molar-refractivity contribution in [3.63, 3.8) is 0 Å². The highest BCUT2D eigenvalue weighted by Crippen LogP contribution is 2.33. The van der Waals surface area contributed by atoms with Crippen molar-refractivity contribution < 1.29 is 13.2 Å². The van der Waals surface area contributed by atoms with E-state index < -0.39 is 10.0 Å². The van der Waals surface area contributed by atoms with Crippen molar-refractivity contribution >= 4 is 15.7 Å². The minimum atomic E-state index is -3.46. The van der Waals surface area contributed by atoms with E-state index in [-0.39, 0.29) is 6.04 Å². The molecule has 0 atom stereocenters. The lowest BCUT2D eigenvalue weighted by Gasteiger charge is -2.22. The second-order valence-electron chi connectivity index (χ2n) is 4.59. The number of nitrogens with one attached hydrogen (secondary N) is 1. The van der Waals surface area contributed by atoms with Crippen molar-refractivity contribution in [2.45, 2.75) is 23.8 Å². The largest absolute Gasteiger partial charge is 0.387 e. The highest BCUT2D eigenvalue weighted by atomic mass is 32.2. The van der Waals surface area contributed by atoms with Gasteiger partial charge in [0.15, 0.2) is 0 Å². The third-order valence-corrected chi connectivity index (χ3v) is 5.22. The number of para-hydroxylation sites is 1. The highest BCUT2D eigenvalue weighted by molar-refractivity contribution is 7.89. The molecule has 19 heavy (non-hydrogen) atoms. The molecule has 0 aromatic heterocycles. The highest BCUT2D eigenvalue weighted by Gasteiger charge is 2.38. The van der Waals surface area contributed by atoms with Crippen LogP contribution in [-0.2, 0) is 14.8 Å². The molecular formula is C13H20N2O3S. The summed E-state index contributed by atoms with van der Waals surface area (Å²) < 4.78 is 32.0. The van der Waals surface area contributed by atoms with Gasteiger partial charge in [-0.25, -0.2) is 8.42 Å². The number of hydrogen-bond donors (Lipinski definition) is 1. The van der Waals surface area contributed by atoms with Crippen molar-refractivity contribution in [3.05, 3.63) is 24.3 Å². The Balaban J connectivity index is 2.33. The first-order valence-electron chi connectivity index (χ1n) is 6.39.